The summed E-state index contributed by atoms with van der Waals surface area (Å²) < 4.78 is 6.91. The fourth-order valence-corrected chi connectivity index (χ4v) is 2.48. The highest BCUT2D eigenvalue weighted by Gasteiger charge is 2.14. The maximum atomic E-state index is 12.6. The molecule has 4 aromatic rings. The maximum Gasteiger partial charge on any atom is 0.274 e. The Morgan fingerprint density at radius 3 is 2.76 bits per heavy atom. The minimum absolute atomic E-state index is 0.260. The van der Waals surface area contributed by atoms with Crippen LogP contribution in [-0.4, -0.2) is 25.7 Å². The highest BCUT2D eigenvalue weighted by Crippen LogP contribution is 2.21. The summed E-state index contributed by atoms with van der Waals surface area (Å²) in [7, 11) is 0. The van der Waals surface area contributed by atoms with Gasteiger partial charge in [0.15, 0.2) is 0 Å². The number of carbonyl (C=O) groups excluding carboxylic acids is 1. The van der Waals surface area contributed by atoms with Crippen LogP contribution in [0.5, 0.6) is 0 Å². The number of para-hydroxylation sites is 1. The van der Waals surface area contributed by atoms with Crippen molar-refractivity contribution in [2.75, 3.05) is 5.32 Å². The van der Waals surface area contributed by atoms with Gasteiger partial charge in [0, 0.05) is 16.9 Å². The second-order valence-electron chi connectivity index (χ2n) is 5.26. The molecule has 122 valence electrons. The summed E-state index contributed by atoms with van der Waals surface area (Å²) in [4.78, 5) is 16.7. The van der Waals surface area contributed by atoms with Crippen LogP contribution in [0, 0.1) is 0 Å². The van der Waals surface area contributed by atoms with Crippen molar-refractivity contribution in [3.63, 3.8) is 0 Å². The molecule has 7 nitrogen and oxygen atoms in total. The van der Waals surface area contributed by atoms with Crippen LogP contribution in [0.2, 0.25) is 0 Å². The number of benzene rings is 2. The Hall–Kier alpha value is -3.74. The number of hydrogen-bond acceptors (Lipinski definition) is 5. The van der Waals surface area contributed by atoms with Gasteiger partial charge in [-0.25, -0.2) is 4.98 Å². The first-order chi connectivity index (χ1) is 12.3. The molecule has 4 rings (SSSR count). The van der Waals surface area contributed by atoms with Crippen molar-refractivity contribution in [3.05, 3.63) is 79.2 Å². The zero-order chi connectivity index (χ0) is 17.1. The quantitative estimate of drug-likeness (QED) is 0.621. The van der Waals surface area contributed by atoms with Crippen LogP contribution in [0.4, 0.5) is 5.69 Å². The lowest BCUT2D eigenvalue weighted by molar-refractivity contribution is 0.102. The number of nitrogens with one attached hydrogen (secondary N) is 1. The molecule has 1 amide bonds. The normalized spacial score (nSPS) is 10.6. The van der Waals surface area contributed by atoms with E-state index in [1.54, 1.807) is 23.0 Å². The van der Waals surface area contributed by atoms with Crippen molar-refractivity contribution >= 4 is 11.6 Å². The molecule has 0 aliphatic heterocycles. The van der Waals surface area contributed by atoms with Gasteiger partial charge in [-0.2, -0.15) is 0 Å². The molecule has 7 heteroatoms. The van der Waals surface area contributed by atoms with Gasteiger partial charge in [-0.15, -0.1) is 10.2 Å². The molecule has 0 atom stereocenters. The van der Waals surface area contributed by atoms with Gasteiger partial charge in [0.25, 0.3) is 5.91 Å². The van der Waals surface area contributed by atoms with Crippen LogP contribution in [-0.2, 0) is 0 Å². The zero-order valence-electron chi connectivity index (χ0n) is 13.0. The van der Waals surface area contributed by atoms with Gasteiger partial charge >= 0.3 is 0 Å². The molecule has 2 aromatic heterocycles. The minimum Gasteiger partial charge on any atom is -0.423 e. The smallest absolute Gasteiger partial charge is 0.274 e. The van der Waals surface area contributed by atoms with Crippen molar-refractivity contribution < 1.29 is 9.21 Å². The van der Waals surface area contributed by atoms with E-state index >= 15 is 0 Å². The van der Waals surface area contributed by atoms with Gasteiger partial charge in [0.1, 0.15) is 5.69 Å². The monoisotopic (exact) mass is 331 g/mol. The molecular weight excluding hydrogens is 318 g/mol. The second-order valence-corrected chi connectivity index (χ2v) is 5.26. The number of carbonyl (C=O) groups is 1. The predicted molar refractivity (Wildman–Crippen MR) is 91.3 cm³/mol. The summed E-state index contributed by atoms with van der Waals surface area (Å²) in [6.45, 7) is 0. The average Bonchev–Trinajstić information content (AvgIpc) is 3.34. The van der Waals surface area contributed by atoms with E-state index < -0.39 is 0 Å². The lowest BCUT2D eigenvalue weighted by Gasteiger charge is -2.09. The van der Waals surface area contributed by atoms with E-state index in [2.05, 4.69) is 20.5 Å². The third kappa shape index (κ3) is 3.02. The lowest BCUT2D eigenvalue weighted by atomic mass is 10.2. The van der Waals surface area contributed by atoms with E-state index in [1.165, 1.54) is 12.6 Å². The molecule has 0 saturated heterocycles. The van der Waals surface area contributed by atoms with Crippen molar-refractivity contribution in [2.24, 2.45) is 0 Å². The number of aromatic nitrogens is 4. The summed E-state index contributed by atoms with van der Waals surface area (Å²) in [6.07, 6.45) is 4.41. The third-order valence-electron chi connectivity index (χ3n) is 3.63. The summed E-state index contributed by atoms with van der Waals surface area (Å²) in [6, 6.07) is 16.8. The predicted octanol–water partition coefficient (Wildman–Crippen LogP) is 3.17. The SMILES string of the molecule is O=C(Nc1cccc(-c2nnco2)c1)c1cncn1-c1ccccc1. The van der Waals surface area contributed by atoms with Crippen LogP contribution >= 0.6 is 0 Å². The first-order valence-corrected chi connectivity index (χ1v) is 7.57. The first kappa shape index (κ1) is 14.8. The molecule has 0 spiro atoms. The summed E-state index contributed by atoms with van der Waals surface area (Å²) in [5.74, 6) is 0.134. The van der Waals surface area contributed by atoms with E-state index in [-0.39, 0.29) is 5.91 Å². The molecule has 2 heterocycles. The number of amides is 1. The number of rotatable bonds is 4. The molecule has 2 aromatic carbocycles. The first-order valence-electron chi connectivity index (χ1n) is 7.57. The molecule has 0 saturated carbocycles. The van der Waals surface area contributed by atoms with E-state index in [4.69, 9.17) is 4.42 Å². The standard InChI is InChI=1S/C18H13N5O2/c24-17(16-10-19-11-23(16)15-7-2-1-3-8-15)21-14-6-4-5-13(9-14)18-22-20-12-25-18/h1-12H,(H,21,24). The fraction of sp³-hybridized carbons (Fsp3) is 0. The van der Waals surface area contributed by atoms with Crippen molar-refractivity contribution in [3.8, 4) is 17.1 Å². The minimum atomic E-state index is -0.260. The lowest BCUT2D eigenvalue weighted by Crippen LogP contribution is -2.16. The van der Waals surface area contributed by atoms with E-state index in [9.17, 15) is 4.79 Å². The van der Waals surface area contributed by atoms with Crippen LogP contribution in [0.3, 0.4) is 0 Å². The van der Waals surface area contributed by atoms with Crippen molar-refractivity contribution in [1.29, 1.82) is 0 Å². The zero-order valence-corrected chi connectivity index (χ0v) is 13.0. The van der Waals surface area contributed by atoms with Gasteiger partial charge < -0.3 is 9.73 Å². The molecule has 0 aliphatic rings. The number of hydrogen-bond donors (Lipinski definition) is 1. The molecule has 0 radical (unpaired) electrons. The Morgan fingerprint density at radius 1 is 1.08 bits per heavy atom. The molecule has 0 bridgehead atoms. The Labute approximate surface area is 143 Å². The molecular formula is C18H13N5O2. The Kier molecular flexibility index (Phi) is 3.80. The second kappa shape index (κ2) is 6.40. The van der Waals surface area contributed by atoms with E-state index in [0.717, 1.165) is 11.3 Å². The van der Waals surface area contributed by atoms with Crippen LogP contribution in [0.1, 0.15) is 10.5 Å². The highest BCUT2D eigenvalue weighted by molar-refractivity contribution is 6.03. The van der Waals surface area contributed by atoms with Crippen LogP contribution < -0.4 is 5.32 Å². The molecule has 0 aliphatic carbocycles. The molecule has 0 fully saturated rings. The van der Waals surface area contributed by atoms with Crippen molar-refractivity contribution in [2.45, 2.75) is 0 Å². The third-order valence-corrected chi connectivity index (χ3v) is 3.63. The van der Waals surface area contributed by atoms with E-state index in [0.29, 0.717) is 17.3 Å². The number of anilines is 1. The number of imidazole rings is 1. The summed E-state index contributed by atoms with van der Waals surface area (Å²) >= 11 is 0. The van der Waals surface area contributed by atoms with Gasteiger partial charge in [-0.05, 0) is 30.3 Å². The van der Waals surface area contributed by atoms with Crippen LogP contribution in [0.25, 0.3) is 17.1 Å². The maximum absolute atomic E-state index is 12.6. The average molecular weight is 331 g/mol. The Bertz CT molecular complexity index is 993. The Balaban J connectivity index is 1.60. The van der Waals surface area contributed by atoms with E-state index in [1.807, 2.05) is 42.5 Å². The largest absolute Gasteiger partial charge is 0.423 e. The van der Waals surface area contributed by atoms with Gasteiger partial charge in [-0.1, -0.05) is 24.3 Å². The van der Waals surface area contributed by atoms with Gasteiger partial charge in [0.05, 0.1) is 12.5 Å². The summed E-state index contributed by atoms with van der Waals surface area (Å²) in [5, 5.41) is 10.4. The molecule has 1 N–H and O–H groups in total. The van der Waals surface area contributed by atoms with Gasteiger partial charge in [-0.3, -0.25) is 9.36 Å². The fourth-order valence-electron chi connectivity index (χ4n) is 2.48. The van der Waals surface area contributed by atoms with Gasteiger partial charge in [0.2, 0.25) is 12.3 Å². The molecule has 25 heavy (non-hydrogen) atoms. The van der Waals surface area contributed by atoms with Crippen LogP contribution in [0.15, 0.2) is 77.9 Å². The number of nitrogens with zero attached hydrogens (tertiary/aromatic N) is 4. The summed E-state index contributed by atoms with van der Waals surface area (Å²) in [5.41, 5.74) is 2.66. The highest BCUT2D eigenvalue weighted by atomic mass is 16.4. The van der Waals surface area contributed by atoms with Crippen molar-refractivity contribution in [1.82, 2.24) is 19.7 Å². The topological polar surface area (TPSA) is 85.8 Å². The Morgan fingerprint density at radius 2 is 1.96 bits per heavy atom. The molecule has 0 unspecified atom stereocenters.